The number of sulfonamides is 1. The average Bonchev–Trinajstić information content (AvgIpc) is 3.24. The van der Waals surface area contributed by atoms with E-state index in [9.17, 15) is 17.6 Å². The van der Waals surface area contributed by atoms with Crippen molar-refractivity contribution in [2.75, 3.05) is 18.4 Å². The zero-order valence-corrected chi connectivity index (χ0v) is 18.4. The van der Waals surface area contributed by atoms with Crippen LogP contribution in [0.2, 0.25) is 0 Å². The first kappa shape index (κ1) is 21.5. The number of halogens is 1. The van der Waals surface area contributed by atoms with Gasteiger partial charge in [0.05, 0.1) is 4.90 Å². The van der Waals surface area contributed by atoms with Crippen molar-refractivity contribution in [1.82, 2.24) is 14.5 Å². The molecule has 2 aromatic carbocycles. The van der Waals surface area contributed by atoms with Crippen molar-refractivity contribution < 1.29 is 17.6 Å². The summed E-state index contributed by atoms with van der Waals surface area (Å²) in [7, 11) is -3.60. The van der Waals surface area contributed by atoms with Crippen molar-refractivity contribution in [3.8, 4) is 0 Å². The molecule has 162 valence electrons. The first-order valence-corrected chi connectivity index (χ1v) is 12.1. The standard InChI is InChI=1S/C21H21FN4O3S2/c1-14-5-2-9-18(11-14)31(28,29)26-10-4-6-15(13-26)20-24-25-21(30-20)19(27)23-17-8-3-7-16(22)12-17/h2-3,5,7-9,11-12,15H,4,6,10,13H2,1H3,(H,23,27)/t15-/m1/s1. The molecule has 0 spiro atoms. The molecule has 1 aliphatic rings. The zero-order valence-electron chi connectivity index (χ0n) is 16.8. The predicted molar refractivity (Wildman–Crippen MR) is 116 cm³/mol. The Labute approximate surface area is 184 Å². The minimum absolute atomic E-state index is 0.137. The fraction of sp³-hybridized carbons (Fsp3) is 0.286. The molecule has 31 heavy (non-hydrogen) atoms. The van der Waals surface area contributed by atoms with E-state index in [1.807, 2.05) is 13.0 Å². The Bertz CT molecular complexity index is 1210. The minimum atomic E-state index is -3.60. The molecule has 1 atom stereocenters. The van der Waals surface area contributed by atoms with Gasteiger partial charge >= 0.3 is 0 Å². The summed E-state index contributed by atoms with van der Waals surface area (Å²) >= 11 is 1.13. The largest absolute Gasteiger partial charge is 0.320 e. The van der Waals surface area contributed by atoms with Gasteiger partial charge in [0.25, 0.3) is 5.91 Å². The van der Waals surface area contributed by atoms with Crippen LogP contribution in [0.25, 0.3) is 0 Å². The maximum Gasteiger partial charge on any atom is 0.286 e. The van der Waals surface area contributed by atoms with Gasteiger partial charge in [0.15, 0.2) is 0 Å². The Morgan fingerprint density at radius 2 is 2.00 bits per heavy atom. The lowest BCUT2D eigenvalue weighted by molar-refractivity contribution is 0.102. The summed E-state index contributed by atoms with van der Waals surface area (Å²) in [6, 6.07) is 12.4. The maximum absolute atomic E-state index is 13.3. The highest BCUT2D eigenvalue weighted by Gasteiger charge is 2.32. The lowest BCUT2D eigenvalue weighted by Crippen LogP contribution is -2.39. The zero-order chi connectivity index (χ0) is 22.0. The van der Waals surface area contributed by atoms with Crippen LogP contribution in [0.1, 0.15) is 39.1 Å². The van der Waals surface area contributed by atoms with Crippen LogP contribution < -0.4 is 5.32 Å². The predicted octanol–water partition coefficient (Wildman–Crippen LogP) is 3.81. The first-order valence-electron chi connectivity index (χ1n) is 9.80. The number of piperidine rings is 1. The molecular formula is C21H21FN4O3S2. The summed E-state index contributed by atoms with van der Waals surface area (Å²) in [6.07, 6.45) is 1.46. The van der Waals surface area contributed by atoms with Gasteiger partial charge < -0.3 is 5.32 Å². The summed E-state index contributed by atoms with van der Waals surface area (Å²) in [6.45, 7) is 2.59. The highest BCUT2D eigenvalue weighted by molar-refractivity contribution is 7.89. The molecule has 0 saturated carbocycles. The fourth-order valence-corrected chi connectivity index (χ4v) is 6.02. The Balaban J connectivity index is 1.48. The molecule has 1 aromatic heterocycles. The van der Waals surface area contributed by atoms with Gasteiger partial charge in [-0.15, -0.1) is 10.2 Å². The topological polar surface area (TPSA) is 92.3 Å². The lowest BCUT2D eigenvalue weighted by atomic mass is 10.0. The van der Waals surface area contributed by atoms with E-state index in [4.69, 9.17) is 0 Å². The Kier molecular flexibility index (Phi) is 6.12. The molecule has 7 nitrogen and oxygen atoms in total. The van der Waals surface area contributed by atoms with E-state index < -0.39 is 21.7 Å². The van der Waals surface area contributed by atoms with E-state index in [0.29, 0.717) is 23.7 Å². The van der Waals surface area contributed by atoms with Gasteiger partial charge in [-0.3, -0.25) is 4.79 Å². The van der Waals surface area contributed by atoms with Gasteiger partial charge in [0.2, 0.25) is 15.0 Å². The monoisotopic (exact) mass is 460 g/mol. The van der Waals surface area contributed by atoms with Crippen LogP contribution in [0.5, 0.6) is 0 Å². The number of rotatable bonds is 5. The van der Waals surface area contributed by atoms with Crippen molar-refractivity contribution in [2.45, 2.75) is 30.6 Å². The van der Waals surface area contributed by atoms with Crippen LogP contribution in [-0.4, -0.2) is 41.9 Å². The highest BCUT2D eigenvalue weighted by Crippen LogP contribution is 2.32. The number of amides is 1. The molecule has 0 unspecified atom stereocenters. The van der Waals surface area contributed by atoms with E-state index >= 15 is 0 Å². The van der Waals surface area contributed by atoms with Crippen LogP contribution >= 0.6 is 11.3 Å². The van der Waals surface area contributed by atoms with E-state index in [1.54, 1.807) is 24.3 Å². The summed E-state index contributed by atoms with van der Waals surface area (Å²) in [4.78, 5) is 12.7. The number of nitrogens with zero attached hydrogens (tertiary/aromatic N) is 3. The number of aryl methyl sites for hydroxylation is 1. The number of hydrogen-bond acceptors (Lipinski definition) is 6. The molecule has 1 fully saturated rings. The van der Waals surface area contributed by atoms with Crippen molar-refractivity contribution >= 4 is 33.0 Å². The molecule has 0 bridgehead atoms. The molecule has 10 heteroatoms. The SMILES string of the molecule is Cc1cccc(S(=O)(=O)N2CCC[C@@H](c3nnc(C(=O)Nc4cccc(F)c4)s3)C2)c1. The third kappa shape index (κ3) is 4.81. The van der Waals surface area contributed by atoms with Crippen LogP contribution in [0.3, 0.4) is 0 Å². The van der Waals surface area contributed by atoms with Crippen molar-refractivity contribution in [3.63, 3.8) is 0 Å². The van der Waals surface area contributed by atoms with Crippen LogP contribution in [0.15, 0.2) is 53.4 Å². The number of carbonyl (C=O) groups is 1. The number of hydrogen-bond donors (Lipinski definition) is 1. The number of anilines is 1. The Morgan fingerprint density at radius 1 is 1.19 bits per heavy atom. The number of nitrogens with one attached hydrogen (secondary N) is 1. The van der Waals surface area contributed by atoms with Crippen molar-refractivity contribution in [3.05, 3.63) is 69.9 Å². The molecule has 0 radical (unpaired) electrons. The molecule has 1 saturated heterocycles. The number of aromatic nitrogens is 2. The Morgan fingerprint density at radius 3 is 2.77 bits per heavy atom. The summed E-state index contributed by atoms with van der Waals surface area (Å²) in [5, 5.41) is 11.5. The van der Waals surface area contributed by atoms with Gasteiger partial charge in [-0.05, 0) is 55.7 Å². The maximum atomic E-state index is 13.3. The molecular weight excluding hydrogens is 439 g/mol. The van der Waals surface area contributed by atoms with Gasteiger partial charge in [0.1, 0.15) is 10.8 Å². The normalized spacial score (nSPS) is 17.4. The second-order valence-corrected chi connectivity index (χ2v) is 10.4. The van der Waals surface area contributed by atoms with Crippen molar-refractivity contribution in [1.29, 1.82) is 0 Å². The van der Waals surface area contributed by atoms with E-state index in [-0.39, 0.29) is 22.4 Å². The first-order chi connectivity index (χ1) is 14.8. The molecule has 1 N–H and O–H groups in total. The minimum Gasteiger partial charge on any atom is -0.320 e. The molecule has 0 aliphatic carbocycles. The van der Waals surface area contributed by atoms with Crippen LogP contribution in [0, 0.1) is 12.7 Å². The molecule has 4 rings (SSSR count). The van der Waals surface area contributed by atoms with Crippen LogP contribution in [-0.2, 0) is 10.0 Å². The summed E-state index contributed by atoms with van der Waals surface area (Å²) in [5.41, 5.74) is 1.21. The average molecular weight is 461 g/mol. The lowest BCUT2D eigenvalue weighted by Gasteiger charge is -2.30. The number of benzene rings is 2. The highest BCUT2D eigenvalue weighted by atomic mass is 32.2. The molecule has 1 aliphatic heterocycles. The summed E-state index contributed by atoms with van der Waals surface area (Å²) < 4.78 is 40.9. The van der Waals surface area contributed by atoms with E-state index in [0.717, 1.165) is 23.3 Å². The van der Waals surface area contributed by atoms with E-state index in [1.165, 1.54) is 22.5 Å². The quantitative estimate of drug-likeness (QED) is 0.625. The third-order valence-electron chi connectivity index (χ3n) is 5.08. The fourth-order valence-electron chi connectivity index (χ4n) is 3.53. The number of carbonyl (C=O) groups excluding carboxylic acids is 1. The van der Waals surface area contributed by atoms with Gasteiger partial charge in [-0.2, -0.15) is 4.31 Å². The van der Waals surface area contributed by atoms with E-state index in [2.05, 4.69) is 15.5 Å². The van der Waals surface area contributed by atoms with Crippen molar-refractivity contribution in [2.24, 2.45) is 0 Å². The smallest absolute Gasteiger partial charge is 0.286 e. The molecule has 3 aromatic rings. The molecule has 1 amide bonds. The second kappa shape index (κ2) is 8.81. The second-order valence-electron chi connectivity index (χ2n) is 7.43. The van der Waals surface area contributed by atoms with Gasteiger partial charge in [0, 0.05) is 24.7 Å². The molecule has 2 heterocycles. The van der Waals surface area contributed by atoms with Crippen LogP contribution in [0.4, 0.5) is 10.1 Å². The Hall–Kier alpha value is -2.69. The van der Waals surface area contributed by atoms with Gasteiger partial charge in [-0.25, -0.2) is 12.8 Å². The third-order valence-corrected chi connectivity index (χ3v) is 8.02. The summed E-state index contributed by atoms with van der Waals surface area (Å²) in [5.74, 6) is -1.07. The van der Waals surface area contributed by atoms with Gasteiger partial charge in [-0.1, -0.05) is 29.5 Å².